The van der Waals surface area contributed by atoms with E-state index in [4.69, 9.17) is 13.9 Å². The molecule has 1 aromatic carbocycles. The standard InChI is InChI=1S/C20H26N2O5/c1-22(2)9-5-8-21-13-17-6-7-18(27-17)14-10-15(19(23)25-3)12-16(11-14)20(24)26-4/h6-7,10-12,21H,5,8-9,13H2,1-4H3. The third-order valence-electron chi connectivity index (χ3n) is 3.98. The van der Waals surface area contributed by atoms with Crippen LogP contribution in [-0.4, -0.2) is 58.2 Å². The van der Waals surface area contributed by atoms with Crippen molar-refractivity contribution in [2.24, 2.45) is 0 Å². The molecule has 7 nitrogen and oxygen atoms in total. The lowest BCUT2D eigenvalue weighted by atomic mass is 10.0. The van der Waals surface area contributed by atoms with Gasteiger partial charge in [-0.1, -0.05) is 0 Å². The fourth-order valence-electron chi connectivity index (χ4n) is 2.60. The monoisotopic (exact) mass is 374 g/mol. The van der Waals surface area contributed by atoms with Gasteiger partial charge in [0.2, 0.25) is 0 Å². The Morgan fingerprint density at radius 3 is 2.22 bits per heavy atom. The van der Waals surface area contributed by atoms with E-state index in [1.54, 1.807) is 12.1 Å². The predicted octanol–water partition coefficient (Wildman–Crippen LogP) is 2.56. The lowest BCUT2D eigenvalue weighted by Gasteiger charge is -2.09. The Balaban J connectivity index is 2.14. The second-order valence-electron chi connectivity index (χ2n) is 6.38. The molecule has 146 valence electrons. The van der Waals surface area contributed by atoms with Gasteiger partial charge in [-0.15, -0.1) is 0 Å². The number of nitrogens with zero attached hydrogens (tertiary/aromatic N) is 1. The molecule has 0 fully saturated rings. The van der Waals surface area contributed by atoms with Crippen molar-refractivity contribution < 1.29 is 23.5 Å². The number of esters is 2. The summed E-state index contributed by atoms with van der Waals surface area (Å²) in [4.78, 5) is 25.9. The molecule has 0 bridgehead atoms. The van der Waals surface area contributed by atoms with Crippen LogP contribution in [0.25, 0.3) is 11.3 Å². The molecule has 0 amide bonds. The fraction of sp³-hybridized carbons (Fsp3) is 0.400. The molecular formula is C20H26N2O5. The van der Waals surface area contributed by atoms with E-state index >= 15 is 0 Å². The van der Waals surface area contributed by atoms with Crippen LogP contribution in [0.3, 0.4) is 0 Å². The highest BCUT2D eigenvalue weighted by Crippen LogP contribution is 2.25. The third-order valence-corrected chi connectivity index (χ3v) is 3.98. The van der Waals surface area contributed by atoms with E-state index in [0.717, 1.165) is 25.3 Å². The van der Waals surface area contributed by atoms with Gasteiger partial charge in [-0.3, -0.25) is 0 Å². The Bertz CT molecular complexity index is 748. The Morgan fingerprint density at radius 1 is 1.04 bits per heavy atom. The fourth-order valence-corrected chi connectivity index (χ4v) is 2.60. The smallest absolute Gasteiger partial charge is 0.337 e. The lowest BCUT2D eigenvalue weighted by Crippen LogP contribution is -2.20. The van der Waals surface area contributed by atoms with Gasteiger partial charge < -0.3 is 24.1 Å². The number of nitrogens with one attached hydrogen (secondary N) is 1. The highest BCUT2D eigenvalue weighted by atomic mass is 16.5. The first kappa shape index (κ1) is 20.7. The van der Waals surface area contributed by atoms with Crippen molar-refractivity contribution in [3.8, 4) is 11.3 Å². The number of benzene rings is 1. The van der Waals surface area contributed by atoms with Gasteiger partial charge in [-0.2, -0.15) is 0 Å². The van der Waals surface area contributed by atoms with Crippen LogP contribution in [0.15, 0.2) is 34.7 Å². The third kappa shape index (κ3) is 5.94. The molecule has 27 heavy (non-hydrogen) atoms. The molecule has 0 aliphatic heterocycles. The average Bonchev–Trinajstić information content (AvgIpc) is 3.14. The molecule has 1 N–H and O–H groups in total. The van der Waals surface area contributed by atoms with Gasteiger partial charge in [0.25, 0.3) is 0 Å². The highest BCUT2D eigenvalue weighted by molar-refractivity contribution is 5.97. The maximum atomic E-state index is 11.9. The molecular weight excluding hydrogens is 348 g/mol. The number of hydrogen-bond donors (Lipinski definition) is 1. The number of ether oxygens (including phenoxy) is 2. The minimum atomic E-state index is -0.531. The zero-order chi connectivity index (χ0) is 19.8. The summed E-state index contributed by atoms with van der Waals surface area (Å²) in [7, 11) is 6.67. The number of carbonyl (C=O) groups excluding carboxylic acids is 2. The zero-order valence-corrected chi connectivity index (χ0v) is 16.2. The van der Waals surface area contributed by atoms with Crippen LogP contribution >= 0.6 is 0 Å². The quantitative estimate of drug-likeness (QED) is 0.534. The van der Waals surface area contributed by atoms with Crippen LogP contribution in [-0.2, 0) is 16.0 Å². The van der Waals surface area contributed by atoms with E-state index in [1.807, 2.05) is 26.2 Å². The topological polar surface area (TPSA) is 81.0 Å². The summed E-state index contributed by atoms with van der Waals surface area (Å²) in [5.74, 6) is 0.279. The largest absolute Gasteiger partial charge is 0.465 e. The molecule has 0 unspecified atom stereocenters. The molecule has 2 rings (SSSR count). The minimum Gasteiger partial charge on any atom is -0.465 e. The second kappa shape index (κ2) is 9.89. The Morgan fingerprint density at radius 2 is 1.67 bits per heavy atom. The molecule has 0 spiro atoms. The summed E-state index contributed by atoms with van der Waals surface area (Å²) < 4.78 is 15.4. The Kier molecular flexibility index (Phi) is 7.57. The first-order valence-electron chi connectivity index (χ1n) is 8.71. The maximum Gasteiger partial charge on any atom is 0.337 e. The van der Waals surface area contributed by atoms with Crippen molar-refractivity contribution in [3.05, 3.63) is 47.2 Å². The maximum absolute atomic E-state index is 11.9. The van der Waals surface area contributed by atoms with Crippen molar-refractivity contribution in [1.29, 1.82) is 0 Å². The summed E-state index contributed by atoms with van der Waals surface area (Å²) >= 11 is 0. The molecule has 0 atom stereocenters. The van der Waals surface area contributed by atoms with E-state index in [-0.39, 0.29) is 11.1 Å². The van der Waals surface area contributed by atoms with Crippen LogP contribution < -0.4 is 5.32 Å². The van der Waals surface area contributed by atoms with Gasteiger partial charge in [0.05, 0.1) is 31.9 Å². The number of methoxy groups -OCH3 is 2. The van der Waals surface area contributed by atoms with E-state index in [0.29, 0.717) is 17.9 Å². The van der Waals surface area contributed by atoms with Crippen molar-refractivity contribution in [2.45, 2.75) is 13.0 Å². The van der Waals surface area contributed by atoms with Crippen LogP contribution in [0.4, 0.5) is 0 Å². The molecule has 0 aliphatic rings. The average molecular weight is 374 g/mol. The molecule has 2 aromatic rings. The van der Waals surface area contributed by atoms with Crippen molar-refractivity contribution in [3.63, 3.8) is 0 Å². The zero-order valence-electron chi connectivity index (χ0n) is 16.2. The second-order valence-corrected chi connectivity index (χ2v) is 6.38. The van der Waals surface area contributed by atoms with Gasteiger partial charge in [0.1, 0.15) is 11.5 Å². The SMILES string of the molecule is COC(=O)c1cc(C(=O)OC)cc(-c2ccc(CNCCCN(C)C)o2)c1. The Hall–Kier alpha value is -2.64. The molecule has 0 radical (unpaired) electrons. The summed E-state index contributed by atoms with van der Waals surface area (Å²) in [5.41, 5.74) is 1.13. The lowest BCUT2D eigenvalue weighted by molar-refractivity contribution is 0.0599. The number of rotatable bonds is 9. The van der Waals surface area contributed by atoms with Crippen LogP contribution in [0.2, 0.25) is 0 Å². The normalized spacial score (nSPS) is 10.9. The minimum absolute atomic E-state index is 0.259. The number of carbonyl (C=O) groups is 2. The molecule has 1 heterocycles. The first-order chi connectivity index (χ1) is 12.9. The van der Waals surface area contributed by atoms with Gasteiger partial charge >= 0.3 is 11.9 Å². The van der Waals surface area contributed by atoms with Gasteiger partial charge in [0, 0.05) is 5.56 Å². The first-order valence-corrected chi connectivity index (χ1v) is 8.71. The Labute approximate surface area is 159 Å². The van der Waals surface area contributed by atoms with Gasteiger partial charge in [-0.05, 0) is 63.9 Å². The highest BCUT2D eigenvalue weighted by Gasteiger charge is 2.16. The van der Waals surface area contributed by atoms with E-state index in [1.165, 1.54) is 20.3 Å². The molecule has 1 aromatic heterocycles. The summed E-state index contributed by atoms with van der Waals surface area (Å²) in [5, 5.41) is 3.33. The molecule has 0 aliphatic carbocycles. The summed E-state index contributed by atoms with van der Waals surface area (Å²) in [6.45, 7) is 2.51. The number of hydrogen-bond acceptors (Lipinski definition) is 7. The van der Waals surface area contributed by atoms with Gasteiger partial charge in [0.15, 0.2) is 0 Å². The van der Waals surface area contributed by atoms with Crippen molar-refractivity contribution in [2.75, 3.05) is 41.4 Å². The molecule has 0 saturated carbocycles. The molecule has 7 heteroatoms. The van der Waals surface area contributed by atoms with Crippen molar-refractivity contribution >= 4 is 11.9 Å². The van der Waals surface area contributed by atoms with Crippen molar-refractivity contribution in [1.82, 2.24) is 10.2 Å². The molecule has 0 saturated heterocycles. The van der Waals surface area contributed by atoms with Crippen LogP contribution in [0.1, 0.15) is 32.9 Å². The van der Waals surface area contributed by atoms with Gasteiger partial charge in [-0.25, -0.2) is 9.59 Å². The van der Waals surface area contributed by atoms with Crippen LogP contribution in [0.5, 0.6) is 0 Å². The number of furan rings is 1. The summed E-state index contributed by atoms with van der Waals surface area (Å²) in [6.07, 6.45) is 1.05. The van der Waals surface area contributed by atoms with E-state index in [9.17, 15) is 9.59 Å². The van der Waals surface area contributed by atoms with Crippen LogP contribution in [0, 0.1) is 0 Å². The van der Waals surface area contributed by atoms with E-state index < -0.39 is 11.9 Å². The predicted molar refractivity (Wildman–Crippen MR) is 102 cm³/mol. The summed E-state index contributed by atoms with van der Waals surface area (Å²) in [6, 6.07) is 8.39. The van der Waals surface area contributed by atoms with E-state index in [2.05, 4.69) is 10.2 Å².